The molecule has 1 aliphatic heterocycles. The van der Waals surface area contributed by atoms with Crippen LogP contribution in [-0.4, -0.2) is 43.1 Å². The summed E-state index contributed by atoms with van der Waals surface area (Å²) in [5, 5.41) is 10.1. The molecule has 0 atom stereocenters. The molecule has 0 amide bonds. The molecule has 0 radical (unpaired) electrons. The molecule has 1 rings (SSSR count). The lowest BCUT2D eigenvalue weighted by molar-refractivity contribution is 0.0373. The quantitative estimate of drug-likeness (QED) is 0.768. The summed E-state index contributed by atoms with van der Waals surface area (Å²) in [7, 11) is -3.44. The largest absolute Gasteiger partial charge is 0.389 e. The highest BCUT2D eigenvalue weighted by molar-refractivity contribution is 7.87. The standard InChI is InChI=1S/C12H26N2O3S/c1-3-12(15,4-2)11-13-18(16,17)14-9-7-5-6-8-10-14/h13,15H,3-11H2,1-2H3. The van der Waals surface area contributed by atoms with Gasteiger partial charge in [-0.1, -0.05) is 26.7 Å². The number of nitrogens with zero attached hydrogens (tertiary/aromatic N) is 1. The second kappa shape index (κ2) is 6.84. The van der Waals surface area contributed by atoms with Crippen LogP contribution in [-0.2, 0) is 10.2 Å². The first-order valence-electron chi connectivity index (χ1n) is 6.90. The minimum absolute atomic E-state index is 0.0961. The Hall–Kier alpha value is -0.170. The molecular weight excluding hydrogens is 252 g/mol. The van der Waals surface area contributed by atoms with Gasteiger partial charge in [0.05, 0.1) is 5.60 Å². The Morgan fingerprint density at radius 1 is 1.11 bits per heavy atom. The fraction of sp³-hybridized carbons (Fsp3) is 1.00. The van der Waals surface area contributed by atoms with Gasteiger partial charge in [-0.3, -0.25) is 0 Å². The van der Waals surface area contributed by atoms with Crippen molar-refractivity contribution in [2.45, 2.75) is 58.0 Å². The average molecular weight is 278 g/mol. The Balaban J connectivity index is 2.58. The van der Waals surface area contributed by atoms with Crippen LogP contribution in [0.25, 0.3) is 0 Å². The Bertz CT molecular complexity index is 331. The molecule has 0 spiro atoms. The molecule has 0 aromatic heterocycles. The monoisotopic (exact) mass is 278 g/mol. The van der Waals surface area contributed by atoms with Gasteiger partial charge in [-0.2, -0.15) is 17.4 Å². The van der Waals surface area contributed by atoms with Crippen LogP contribution in [0.5, 0.6) is 0 Å². The molecule has 1 aliphatic rings. The maximum atomic E-state index is 12.1. The van der Waals surface area contributed by atoms with Crippen LogP contribution < -0.4 is 4.72 Å². The summed E-state index contributed by atoms with van der Waals surface area (Å²) < 4.78 is 28.3. The van der Waals surface area contributed by atoms with E-state index in [1.165, 1.54) is 4.31 Å². The second-order valence-corrected chi connectivity index (χ2v) is 6.83. The van der Waals surface area contributed by atoms with E-state index in [0.29, 0.717) is 25.9 Å². The highest BCUT2D eigenvalue weighted by atomic mass is 32.2. The number of hydrogen-bond acceptors (Lipinski definition) is 3. The van der Waals surface area contributed by atoms with Crippen LogP contribution >= 0.6 is 0 Å². The Kier molecular flexibility index (Phi) is 6.04. The van der Waals surface area contributed by atoms with Crippen molar-refractivity contribution in [1.29, 1.82) is 0 Å². The zero-order chi connectivity index (χ0) is 13.6. The van der Waals surface area contributed by atoms with E-state index >= 15 is 0 Å². The molecule has 0 bridgehead atoms. The van der Waals surface area contributed by atoms with Crippen molar-refractivity contribution < 1.29 is 13.5 Å². The van der Waals surface area contributed by atoms with Crippen LogP contribution in [0.1, 0.15) is 52.4 Å². The third-order valence-corrected chi connectivity index (χ3v) is 5.36. The fourth-order valence-electron chi connectivity index (χ4n) is 2.10. The van der Waals surface area contributed by atoms with Crippen molar-refractivity contribution in [3.63, 3.8) is 0 Å². The van der Waals surface area contributed by atoms with Crippen molar-refractivity contribution >= 4 is 10.2 Å². The van der Waals surface area contributed by atoms with E-state index in [9.17, 15) is 13.5 Å². The number of rotatable bonds is 6. The maximum Gasteiger partial charge on any atom is 0.279 e. The first kappa shape index (κ1) is 15.9. The van der Waals surface area contributed by atoms with Crippen molar-refractivity contribution in [3.8, 4) is 0 Å². The molecule has 2 N–H and O–H groups in total. The van der Waals surface area contributed by atoms with Crippen LogP contribution in [0.2, 0.25) is 0 Å². The van der Waals surface area contributed by atoms with Gasteiger partial charge in [0, 0.05) is 19.6 Å². The van der Waals surface area contributed by atoms with E-state index in [1.54, 1.807) is 0 Å². The van der Waals surface area contributed by atoms with E-state index in [-0.39, 0.29) is 6.54 Å². The zero-order valence-electron chi connectivity index (χ0n) is 11.5. The van der Waals surface area contributed by atoms with Gasteiger partial charge in [0.25, 0.3) is 10.2 Å². The summed E-state index contributed by atoms with van der Waals surface area (Å²) in [5.41, 5.74) is -0.932. The van der Waals surface area contributed by atoms with Crippen molar-refractivity contribution in [3.05, 3.63) is 0 Å². The van der Waals surface area contributed by atoms with Gasteiger partial charge < -0.3 is 5.11 Å². The minimum Gasteiger partial charge on any atom is -0.389 e. The average Bonchev–Trinajstić information content (AvgIpc) is 2.65. The molecule has 0 unspecified atom stereocenters. The molecule has 18 heavy (non-hydrogen) atoms. The second-order valence-electron chi connectivity index (χ2n) is 5.07. The number of nitrogens with one attached hydrogen (secondary N) is 1. The predicted octanol–water partition coefficient (Wildman–Crippen LogP) is 1.25. The molecular formula is C12H26N2O3S. The highest BCUT2D eigenvalue weighted by Crippen LogP contribution is 2.16. The van der Waals surface area contributed by atoms with E-state index in [0.717, 1.165) is 25.7 Å². The lowest BCUT2D eigenvalue weighted by atomic mass is 9.98. The molecule has 0 aromatic rings. The molecule has 1 heterocycles. The van der Waals surface area contributed by atoms with Crippen LogP contribution in [0.4, 0.5) is 0 Å². The third kappa shape index (κ3) is 4.50. The molecule has 5 nitrogen and oxygen atoms in total. The number of aliphatic hydroxyl groups is 1. The maximum absolute atomic E-state index is 12.1. The van der Waals surface area contributed by atoms with E-state index in [1.807, 2.05) is 13.8 Å². The van der Waals surface area contributed by atoms with Crippen LogP contribution in [0.15, 0.2) is 0 Å². The summed E-state index contributed by atoms with van der Waals surface area (Å²) in [6, 6.07) is 0. The van der Waals surface area contributed by atoms with Gasteiger partial charge in [-0.25, -0.2) is 0 Å². The first-order chi connectivity index (χ1) is 8.43. The molecule has 0 aromatic carbocycles. The summed E-state index contributed by atoms with van der Waals surface area (Å²) in [6.07, 6.45) is 5.14. The van der Waals surface area contributed by atoms with Gasteiger partial charge in [0.1, 0.15) is 0 Å². The van der Waals surface area contributed by atoms with E-state index in [2.05, 4.69) is 4.72 Å². The van der Waals surface area contributed by atoms with Crippen molar-refractivity contribution in [2.75, 3.05) is 19.6 Å². The molecule has 0 aliphatic carbocycles. The van der Waals surface area contributed by atoms with Crippen molar-refractivity contribution in [2.24, 2.45) is 0 Å². The van der Waals surface area contributed by atoms with Crippen LogP contribution in [0, 0.1) is 0 Å². The normalized spacial score (nSPS) is 19.7. The molecule has 6 heteroatoms. The summed E-state index contributed by atoms with van der Waals surface area (Å²) in [4.78, 5) is 0. The predicted molar refractivity (Wildman–Crippen MR) is 72.5 cm³/mol. The van der Waals surface area contributed by atoms with E-state index in [4.69, 9.17) is 0 Å². The minimum atomic E-state index is -3.44. The first-order valence-corrected chi connectivity index (χ1v) is 8.34. The lowest BCUT2D eigenvalue weighted by Crippen LogP contribution is -2.48. The topological polar surface area (TPSA) is 69.6 Å². The SMILES string of the molecule is CCC(O)(CC)CNS(=O)(=O)N1CCCCCC1. The van der Waals surface area contributed by atoms with Gasteiger partial charge >= 0.3 is 0 Å². The molecule has 108 valence electrons. The summed E-state index contributed by atoms with van der Waals surface area (Å²) in [5.74, 6) is 0. The summed E-state index contributed by atoms with van der Waals surface area (Å²) >= 11 is 0. The molecule has 1 saturated heterocycles. The Morgan fingerprint density at radius 2 is 1.61 bits per heavy atom. The van der Waals surface area contributed by atoms with Gasteiger partial charge in [-0.15, -0.1) is 0 Å². The zero-order valence-corrected chi connectivity index (χ0v) is 12.3. The third-order valence-electron chi connectivity index (χ3n) is 3.80. The van der Waals surface area contributed by atoms with Crippen LogP contribution in [0.3, 0.4) is 0 Å². The summed E-state index contributed by atoms with van der Waals surface area (Å²) in [6.45, 7) is 5.00. The van der Waals surface area contributed by atoms with E-state index < -0.39 is 15.8 Å². The lowest BCUT2D eigenvalue weighted by Gasteiger charge is -2.27. The number of hydrogen-bond donors (Lipinski definition) is 2. The smallest absolute Gasteiger partial charge is 0.279 e. The van der Waals surface area contributed by atoms with Gasteiger partial charge in [-0.05, 0) is 25.7 Å². The van der Waals surface area contributed by atoms with Crippen molar-refractivity contribution in [1.82, 2.24) is 9.03 Å². The van der Waals surface area contributed by atoms with Gasteiger partial charge in [0.15, 0.2) is 0 Å². The highest BCUT2D eigenvalue weighted by Gasteiger charge is 2.28. The van der Waals surface area contributed by atoms with Gasteiger partial charge in [0.2, 0.25) is 0 Å². The molecule has 1 fully saturated rings. The Labute approximate surface area is 111 Å². The fourth-order valence-corrected chi connectivity index (χ4v) is 3.47. The molecule has 0 saturated carbocycles. The Morgan fingerprint density at radius 3 is 2.06 bits per heavy atom.